The fourth-order valence-electron chi connectivity index (χ4n) is 4.35. The molecule has 2 aromatic heterocycles. The lowest BCUT2D eigenvalue weighted by atomic mass is 9.78. The second kappa shape index (κ2) is 5.50. The zero-order chi connectivity index (χ0) is 19.8. The Kier molecular flexibility index (Phi) is 3.44. The van der Waals surface area contributed by atoms with E-state index in [-0.39, 0.29) is 18.3 Å². The summed E-state index contributed by atoms with van der Waals surface area (Å²) in [6.45, 7) is 16.4. The number of aromatic nitrogens is 1. The molecule has 0 saturated carbocycles. The molecule has 2 aromatic carbocycles. The van der Waals surface area contributed by atoms with Crippen molar-refractivity contribution in [2.24, 2.45) is 0 Å². The molecule has 28 heavy (non-hydrogen) atoms. The van der Waals surface area contributed by atoms with E-state index in [2.05, 4.69) is 81.7 Å². The highest BCUT2D eigenvalue weighted by atomic mass is 16.7. The van der Waals surface area contributed by atoms with Gasteiger partial charge in [0, 0.05) is 21.7 Å². The van der Waals surface area contributed by atoms with Crippen molar-refractivity contribution in [3.63, 3.8) is 0 Å². The van der Waals surface area contributed by atoms with Gasteiger partial charge in [0.05, 0.1) is 27.9 Å². The van der Waals surface area contributed by atoms with E-state index in [1.54, 1.807) is 0 Å². The van der Waals surface area contributed by atoms with Gasteiger partial charge >= 0.3 is 7.12 Å². The lowest BCUT2D eigenvalue weighted by Crippen LogP contribution is -2.41. The van der Waals surface area contributed by atoms with E-state index in [9.17, 15) is 0 Å². The lowest BCUT2D eigenvalue weighted by Gasteiger charge is -2.32. The van der Waals surface area contributed by atoms with Gasteiger partial charge in [-0.3, -0.25) is 0 Å². The predicted octanol–water partition coefficient (Wildman–Crippen LogP) is 5.27. The number of fused-ring (bicyclic) bond motifs is 3. The van der Waals surface area contributed by atoms with Gasteiger partial charge in [0.2, 0.25) is 0 Å². The summed E-state index contributed by atoms with van der Waals surface area (Å²) < 4.78 is 14.8. The van der Waals surface area contributed by atoms with Crippen LogP contribution in [0.2, 0.25) is 0 Å². The summed E-state index contributed by atoms with van der Waals surface area (Å²) in [5.41, 5.74) is 4.94. The summed E-state index contributed by atoms with van der Waals surface area (Å²) in [6.07, 6.45) is 3.83. The van der Waals surface area contributed by atoms with E-state index in [1.165, 1.54) is 21.7 Å². The van der Waals surface area contributed by atoms with Crippen molar-refractivity contribution in [1.29, 1.82) is 0 Å². The highest BCUT2D eigenvalue weighted by Gasteiger charge is 2.51. The minimum atomic E-state index is -0.364. The SMILES string of the molecule is C=Cc1c(C=C)n2c3ccc(B4OC(C)(C)C(C)(C)O4)cc3c3cccc1c32. The van der Waals surface area contributed by atoms with Gasteiger partial charge in [-0.1, -0.05) is 49.6 Å². The number of hydrogen-bond donors (Lipinski definition) is 0. The highest BCUT2D eigenvalue weighted by molar-refractivity contribution is 6.62. The van der Waals surface area contributed by atoms with Crippen LogP contribution in [-0.4, -0.2) is 22.7 Å². The molecule has 5 rings (SSSR count). The summed E-state index contributed by atoms with van der Waals surface area (Å²) in [7, 11) is -0.364. The summed E-state index contributed by atoms with van der Waals surface area (Å²) in [5.74, 6) is 0. The quantitative estimate of drug-likeness (QED) is 0.459. The highest BCUT2D eigenvalue weighted by Crippen LogP contribution is 2.39. The van der Waals surface area contributed by atoms with E-state index in [1.807, 2.05) is 12.2 Å². The standard InChI is InChI=1S/C24H24BNO2/c1-7-16-17-10-9-11-18-19-14-15(25-27-23(3,4)24(5,6)28-25)12-13-21(19)26(22(17)18)20(16)8-2/h7-14H,1-2H2,3-6H3. The molecule has 1 saturated heterocycles. The van der Waals surface area contributed by atoms with Crippen LogP contribution in [0.25, 0.3) is 39.3 Å². The third-order valence-electron chi connectivity index (χ3n) is 6.54. The summed E-state index contributed by atoms with van der Waals surface area (Å²) in [6, 6.07) is 12.9. The Balaban J connectivity index is 1.78. The molecule has 1 aliphatic rings. The second-order valence-corrected chi connectivity index (χ2v) is 8.61. The van der Waals surface area contributed by atoms with Gasteiger partial charge < -0.3 is 13.7 Å². The summed E-state index contributed by atoms with van der Waals surface area (Å²) >= 11 is 0. The maximum Gasteiger partial charge on any atom is 0.494 e. The van der Waals surface area contributed by atoms with E-state index in [4.69, 9.17) is 9.31 Å². The molecule has 0 radical (unpaired) electrons. The van der Waals surface area contributed by atoms with Gasteiger partial charge in [0.1, 0.15) is 0 Å². The maximum absolute atomic E-state index is 6.26. The van der Waals surface area contributed by atoms with Crippen molar-refractivity contribution in [3.8, 4) is 0 Å². The Morgan fingerprint density at radius 1 is 0.893 bits per heavy atom. The average Bonchev–Trinajstić information content (AvgIpc) is 3.23. The first-order valence-corrected chi connectivity index (χ1v) is 9.72. The smallest absolute Gasteiger partial charge is 0.399 e. The molecule has 0 spiro atoms. The molecule has 1 aliphatic heterocycles. The first kappa shape index (κ1) is 17.5. The molecule has 4 heteroatoms. The Bertz CT molecular complexity index is 1250. The van der Waals surface area contributed by atoms with Crippen molar-refractivity contribution in [2.45, 2.75) is 38.9 Å². The van der Waals surface area contributed by atoms with Crippen LogP contribution in [0.15, 0.2) is 49.6 Å². The topological polar surface area (TPSA) is 22.9 Å². The minimum absolute atomic E-state index is 0.350. The van der Waals surface area contributed by atoms with Crippen LogP contribution in [-0.2, 0) is 9.31 Å². The maximum atomic E-state index is 6.26. The van der Waals surface area contributed by atoms with Crippen molar-refractivity contribution < 1.29 is 9.31 Å². The van der Waals surface area contributed by atoms with Crippen molar-refractivity contribution in [3.05, 3.63) is 60.8 Å². The largest absolute Gasteiger partial charge is 0.494 e. The Morgan fingerprint density at radius 3 is 2.21 bits per heavy atom. The Morgan fingerprint density at radius 2 is 1.57 bits per heavy atom. The van der Waals surface area contributed by atoms with Crippen LogP contribution < -0.4 is 5.46 Å². The molecule has 3 heterocycles. The molecule has 0 atom stereocenters. The molecule has 0 unspecified atom stereocenters. The van der Waals surface area contributed by atoms with E-state index in [0.29, 0.717) is 0 Å². The molecular weight excluding hydrogens is 345 g/mol. The summed E-state index contributed by atoms with van der Waals surface area (Å²) in [5, 5.41) is 3.63. The number of benzene rings is 2. The van der Waals surface area contributed by atoms with Crippen LogP contribution in [0.1, 0.15) is 39.0 Å². The fourth-order valence-corrected chi connectivity index (χ4v) is 4.35. The predicted molar refractivity (Wildman–Crippen MR) is 119 cm³/mol. The van der Waals surface area contributed by atoms with Gasteiger partial charge in [-0.2, -0.15) is 0 Å². The van der Waals surface area contributed by atoms with Gasteiger partial charge in [0.15, 0.2) is 0 Å². The average molecular weight is 369 g/mol. The number of rotatable bonds is 3. The zero-order valence-corrected chi connectivity index (χ0v) is 16.9. The molecule has 140 valence electrons. The summed E-state index contributed by atoms with van der Waals surface area (Å²) in [4.78, 5) is 0. The lowest BCUT2D eigenvalue weighted by molar-refractivity contribution is 0.00578. The van der Waals surface area contributed by atoms with Gasteiger partial charge in [-0.15, -0.1) is 0 Å². The number of para-hydroxylation sites is 1. The monoisotopic (exact) mass is 369 g/mol. The molecule has 1 fully saturated rings. The molecule has 3 nitrogen and oxygen atoms in total. The van der Waals surface area contributed by atoms with Crippen molar-refractivity contribution >= 4 is 51.9 Å². The van der Waals surface area contributed by atoms with E-state index in [0.717, 1.165) is 22.2 Å². The molecule has 0 N–H and O–H groups in total. The Hall–Kier alpha value is -2.56. The third-order valence-corrected chi connectivity index (χ3v) is 6.54. The second-order valence-electron chi connectivity index (χ2n) is 8.61. The van der Waals surface area contributed by atoms with Gasteiger partial charge in [-0.05, 0) is 45.3 Å². The molecule has 0 bridgehead atoms. The minimum Gasteiger partial charge on any atom is -0.399 e. The zero-order valence-electron chi connectivity index (χ0n) is 16.9. The van der Waals surface area contributed by atoms with Gasteiger partial charge in [-0.25, -0.2) is 0 Å². The first-order chi connectivity index (χ1) is 13.3. The van der Waals surface area contributed by atoms with Crippen LogP contribution in [0.5, 0.6) is 0 Å². The molecule has 4 aromatic rings. The Labute approximate surface area is 165 Å². The third kappa shape index (κ3) is 2.08. The fraction of sp³-hybridized carbons (Fsp3) is 0.250. The van der Waals surface area contributed by atoms with E-state index >= 15 is 0 Å². The van der Waals surface area contributed by atoms with E-state index < -0.39 is 0 Å². The van der Waals surface area contributed by atoms with Crippen LogP contribution in [0.3, 0.4) is 0 Å². The molecule has 0 amide bonds. The van der Waals surface area contributed by atoms with Crippen LogP contribution in [0.4, 0.5) is 0 Å². The van der Waals surface area contributed by atoms with Crippen molar-refractivity contribution in [1.82, 2.24) is 4.40 Å². The first-order valence-electron chi connectivity index (χ1n) is 9.72. The van der Waals surface area contributed by atoms with Crippen molar-refractivity contribution in [2.75, 3.05) is 0 Å². The normalized spacial score (nSPS) is 18.5. The number of nitrogens with zero attached hydrogens (tertiary/aromatic N) is 1. The van der Waals surface area contributed by atoms with Crippen LogP contribution in [0, 0.1) is 0 Å². The molecular formula is C24H24BNO2. The van der Waals surface area contributed by atoms with Crippen LogP contribution >= 0.6 is 0 Å². The van der Waals surface area contributed by atoms with Gasteiger partial charge in [0.25, 0.3) is 0 Å². The number of hydrogen-bond acceptors (Lipinski definition) is 2. The molecule has 0 aliphatic carbocycles.